The Morgan fingerprint density at radius 2 is 1.97 bits per heavy atom. The topological polar surface area (TPSA) is 60.2 Å². The lowest BCUT2D eigenvalue weighted by molar-refractivity contribution is -0.138. The van der Waals surface area contributed by atoms with Gasteiger partial charge in [0, 0.05) is 9.26 Å². The number of pyridine rings is 1. The van der Waals surface area contributed by atoms with Gasteiger partial charge in [-0.15, -0.1) is 0 Å². The average Bonchev–Trinajstić information content (AvgIpc) is 2.90. The molecular weight excluding hydrogens is 528 g/mol. The summed E-state index contributed by atoms with van der Waals surface area (Å²) in [4.78, 5) is 19.9. The molecule has 1 saturated heterocycles. The van der Waals surface area contributed by atoms with Gasteiger partial charge in [-0.1, -0.05) is 0 Å². The Labute approximate surface area is 189 Å². The van der Waals surface area contributed by atoms with Crippen molar-refractivity contribution in [3.63, 3.8) is 0 Å². The molecular formula is C20H14F3IN4OS. The van der Waals surface area contributed by atoms with Crippen molar-refractivity contribution in [2.24, 2.45) is 0 Å². The van der Waals surface area contributed by atoms with E-state index < -0.39 is 23.0 Å². The Kier molecular flexibility index (Phi) is 5.01. The van der Waals surface area contributed by atoms with Crippen molar-refractivity contribution in [3.8, 4) is 6.07 Å². The number of alkyl halides is 3. The third-order valence-electron chi connectivity index (χ3n) is 5.53. The molecule has 1 aliphatic heterocycles. The van der Waals surface area contributed by atoms with Gasteiger partial charge in [0.25, 0.3) is 5.91 Å². The second-order valence-corrected chi connectivity index (χ2v) is 8.80. The molecule has 2 aliphatic rings. The van der Waals surface area contributed by atoms with Gasteiger partial charge in [-0.05, 0) is 90.8 Å². The fourth-order valence-electron chi connectivity index (χ4n) is 3.86. The van der Waals surface area contributed by atoms with E-state index in [0.29, 0.717) is 12.8 Å². The minimum atomic E-state index is -4.78. The molecule has 1 aromatic heterocycles. The molecule has 30 heavy (non-hydrogen) atoms. The van der Waals surface area contributed by atoms with E-state index in [1.807, 2.05) is 25.1 Å². The Balaban J connectivity index is 1.83. The molecule has 1 amide bonds. The number of nitrogens with zero attached hydrogens (tertiary/aromatic N) is 4. The Bertz CT molecular complexity index is 1120. The maximum Gasteiger partial charge on any atom is 0.419 e. The number of halogens is 4. The Morgan fingerprint density at radius 1 is 1.27 bits per heavy atom. The first-order valence-electron chi connectivity index (χ1n) is 9.02. The molecule has 2 heterocycles. The van der Waals surface area contributed by atoms with Crippen molar-refractivity contribution in [1.29, 1.82) is 5.26 Å². The second kappa shape index (κ2) is 7.16. The summed E-state index contributed by atoms with van der Waals surface area (Å²) in [5.41, 5.74) is -1.19. The highest BCUT2D eigenvalue weighted by atomic mass is 127. The number of amides is 1. The molecule has 1 saturated carbocycles. The van der Waals surface area contributed by atoms with Crippen molar-refractivity contribution in [2.75, 3.05) is 9.80 Å². The predicted molar refractivity (Wildman–Crippen MR) is 117 cm³/mol. The molecule has 0 bridgehead atoms. The van der Waals surface area contributed by atoms with Crippen LogP contribution < -0.4 is 9.80 Å². The van der Waals surface area contributed by atoms with E-state index in [9.17, 15) is 18.0 Å². The minimum Gasteiger partial charge on any atom is -0.303 e. The fourth-order valence-corrected chi connectivity index (χ4v) is 4.66. The van der Waals surface area contributed by atoms with Crippen LogP contribution in [0.3, 0.4) is 0 Å². The van der Waals surface area contributed by atoms with Crippen molar-refractivity contribution in [3.05, 3.63) is 50.9 Å². The average molecular weight is 542 g/mol. The summed E-state index contributed by atoms with van der Waals surface area (Å²) in [5.74, 6) is -0.366. The number of hydrogen-bond donors (Lipinski definition) is 0. The van der Waals surface area contributed by atoms with Crippen LogP contribution in [0, 0.1) is 21.8 Å². The normalized spacial score (nSPS) is 18.0. The maximum absolute atomic E-state index is 13.4. The van der Waals surface area contributed by atoms with Gasteiger partial charge in [-0.2, -0.15) is 18.4 Å². The number of carbonyl (C=O) groups excluding carboxylic acids is 1. The van der Waals surface area contributed by atoms with Crippen LogP contribution in [0.4, 0.5) is 24.5 Å². The highest BCUT2D eigenvalue weighted by molar-refractivity contribution is 14.1. The smallest absolute Gasteiger partial charge is 0.303 e. The summed E-state index contributed by atoms with van der Waals surface area (Å²) in [6.07, 6.45) is -1.75. The summed E-state index contributed by atoms with van der Waals surface area (Å²) < 4.78 is 41.3. The molecule has 1 aliphatic carbocycles. The van der Waals surface area contributed by atoms with E-state index in [2.05, 4.69) is 27.6 Å². The number of thiocarbonyl (C=S) groups is 1. The fraction of sp³-hybridized carbons (Fsp3) is 0.300. The van der Waals surface area contributed by atoms with E-state index in [-0.39, 0.29) is 16.7 Å². The SMILES string of the molecule is Cc1cc(N2C(=S)N(c3cnc(C#N)c(C(F)(F)F)c3)C(=O)C23CCC3)ccc1I. The highest BCUT2D eigenvalue weighted by Crippen LogP contribution is 2.48. The van der Waals surface area contributed by atoms with E-state index in [0.717, 1.165) is 38.4 Å². The van der Waals surface area contributed by atoms with Crippen LogP contribution in [-0.4, -0.2) is 21.5 Å². The first kappa shape index (κ1) is 21.0. The van der Waals surface area contributed by atoms with Crippen LogP contribution >= 0.6 is 34.8 Å². The molecule has 0 N–H and O–H groups in total. The Hall–Kier alpha value is -2.26. The molecule has 0 atom stereocenters. The summed E-state index contributed by atoms with van der Waals surface area (Å²) in [5, 5.41) is 9.09. The number of aromatic nitrogens is 1. The van der Waals surface area contributed by atoms with Gasteiger partial charge in [-0.25, -0.2) is 4.98 Å². The maximum atomic E-state index is 13.4. The summed E-state index contributed by atoms with van der Waals surface area (Å²) in [7, 11) is 0. The second-order valence-electron chi connectivity index (χ2n) is 7.28. The number of benzene rings is 1. The molecule has 2 aromatic rings. The number of carbonyl (C=O) groups is 1. The lowest BCUT2D eigenvalue weighted by atomic mass is 9.75. The summed E-state index contributed by atoms with van der Waals surface area (Å²) in [6, 6.07) is 7.91. The molecule has 0 radical (unpaired) electrons. The quantitative estimate of drug-likeness (QED) is 0.398. The molecule has 0 unspecified atom stereocenters. The molecule has 5 nitrogen and oxygen atoms in total. The van der Waals surface area contributed by atoms with Crippen LogP contribution in [0.1, 0.15) is 36.1 Å². The van der Waals surface area contributed by atoms with Gasteiger partial charge < -0.3 is 4.90 Å². The van der Waals surface area contributed by atoms with Crippen LogP contribution in [0.5, 0.6) is 0 Å². The van der Waals surface area contributed by atoms with E-state index >= 15 is 0 Å². The lowest BCUT2D eigenvalue weighted by Gasteiger charge is -2.43. The predicted octanol–water partition coefficient (Wildman–Crippen LogP) is 4.95. The standard InChI is InChI=1S/C20H14F3IN4OS/c1-11-7-12(3-4-15(11)24)28-18(30)27(17(29)19(28)5-2-6-19)13-8-14(20(21,22)23)16(9-25)26-10-13/h3-4,7-8,10H,2,5-6H2,1H3. The van der Waals surface area contributed by atoms with E-state index in [1.165, 1.54) is 6.07 Å². The van der Waals surface area contributed by atoms with Crippen LogP contribution in [0.2, 0.25) is 0 Å². The lowest BCUT2D eigenvalue weighted by Crippen LogP contribution is -2.55. The first-order chi connectivity index (χ1) is 14.1. The van der Waals surface area contributed by atoms with Gasteiger partial charge in [0.15, 0.2) is 10.8 Å². The highest BCUT2D eigenvalue weighted by Gasteiger charge is 2.59. The van der Waals surface area contributed by atoms with Gasteiger partial charge in [-0.3, -0.25) is 9.69 Å². The Morgan fingerprint density at radius 3 is 2.50 bits per heavy atom. The molecule has 154 valence electrons. The zero-order valence-corrected chi connectivity index (χ0v) is 18.6. The van der Waals surface area contributed by atoms with Gasteiger partial charge in [0.1, 0.15) is 11.6 Å². The van der Waals surface area contributed by atoms with Crippen LogP contribution in [0.25, 0.3) is 0 Å². The molecule has 10 heteroatoms. The summed E-state index contributed by atoms with van der Waals surface area (Å²) in [6.45, 7) is 1.94. The monoisotopic (exact) mass is 542 g/mol. The van der Waals surface area contributed by atoms with Gasteiger partial charge >= 0.3 is 6.18 Å². The third-order valence-corrected chi connectivity index (χ3v) is 7.11. The number of rotatable bonds is 2. The van der Waals surface area contributed by atoms with Crippen LogP contribution in [0.15, 0.2) is 30.5 Å². The molecule has 2 fully saturated rings. The number of hydrogen-bond acceptors (Lipinski definition) is 4. The molecule has 1 aromatic carbocycles. The summed E-state index contributed by atoms with van der Waals surface area (Å²) >= 11 is 7.79. The van der Waals surface area contributed by atoms with Gasteiger partial charge in [0.05, 0.1) is 17.4 Å². The number of nitriles is 1. The van der Waals surface area contributed by atoms with Crippen molar-refractivity contribution in [2.45, 2.75) is 37.9 Å². The van der Waals surface area contributed by atoms with E-state index in [1.54, 1.807) is 4.90 Å². The zero-order chi connectivity index (χ0) is 21.8. The molecule has 1 spiro atoms. The zero-order valence-electron chi connectivity index (χ0n) is 15.6. The van der Waals surface area contributed by atoms with Gasteiger partial charge in [0.2, 0.25) is 0 Å². The van der Waals surface area contributed by atoms with Crippen molar-refractivity contribution in [1.82, 2.24) is 4.98 Å². The number of aryl methyl sites for hydroxylation is 1. The van der Waals surface area contributed by atoms with Crippen molar-refractivity contribution >= 4 is 57.2 Å². The largest absolute Gasteiger partial charge is 0.419 e. The first-order valence-corrected chi connectivity index (χ1v) is 10.5. The van der Waals surface area contributed by atoms with Crippen LogP contribution in [-0.2, 0) is 11.0 Å². The van der Waals surface area contributed by atoms with Crippen molar-refractivity contribution < 1.29 is 18.0 Å². The molecule has 4 rings (SSSR count). The minimum absolute atomic E-state index is 0.0904. The number of anilines is 2. The van der Waals surface area contributed by atoms with E-state index in [4.69, 9.17) is 17.5 Å². The third kappa shape index (κ3) is 3.06.